The minimum absolute atomic E-state index is 0.0600. The van der Waals surface area contributed by atoms with Crippen molar-refractivity contribution in [2.45, 2.75) is 19.8 Å². The van der Waals surface area contributed by atoms with E-state index in [4.69, 9.17) is 5.73 Å². The van der Waals surface area contributed by atoms with Crippen LogP contribution in [-0.2, 0) is 0 Å². The Labute approximate surface area is 121 Å². The molecule has 0 atom stereocenters. The van der Waals surface area contributed by atoms with Gasteiger partial charge >= 0.3 is 0 Å². The molecule has 2 aromatic carbocycles. The molecule has 0 aliphatic heterocycles. The van der Waals surface area contributed by atoms with Gasteiger partial charge in [0, 0.05) is 5.69 Å². The van der Waals surface area contributed by atoms with E-state index in [0.717, 1.165) is 11.6 Å². The second-order valence-corrected chi connectivity index (χ2v) is 5.28. The number of nitrogens with two attached hydrogens (primary N) is 1. The first-order valence-corrected chi connectivity index (χ1v) is 6.71. The summed E-state index contributed by atoms with van der Waals surface area (Å²) >= 11 is 0. The average molecular weight is 287 g/mol. The van der Waals surface area contributed by atoms with Gasteiger partial charge in [0.25, 0.3) is 0 Å². The summed E-state index contributed by atoms with van der Waals surface area (Å²) in [4.78, 5) is 4.08. The lowest BCUT2D eigenvalue weighted by atomic mass is 10.0. The lowest BCUT2D eigenvalue weighted by molar-refractivity contribution is 0.514. The Morgan fingerprint density at radius 3 is 2.33 bits per heavy atom. The Kier molecular flexibility index (Phi) is 3.12. The predicted molar refractivity (Wildman–Crippen MR) is 79.5 cm³/mol. The molecule has 21 heavy (non-hydrogen) atoms. The Morgan fingerprint density at radius 2 is 1.71 bits per heavy atom. The molecule has 1 aromatic heterocycles. The number of anilines is 1. The summed E-state index contributed by atoms with van der Waals surface area (Å²) in [5.41, 5.74) is 8.07. The minimum atomic E-state index is -0.940. The first-order chi connectivity index (χ1) is 9.99. The summed E-state index contributed by atoms with van der Waals surface area (Å²) in [6, 6.07) is 10.0. The molecular formula is C16H15F2N3. The number of hydrogen-bond acceptors (Lipinski definition) is 2. The molecule has 0 aliphatic rings. The Bertz CT molecular complexity index is 804. The van der Waals surface area contributed by atoms with Gasteiger partial charge in [-0.1, -0.05) is 26.0 Å². The predicted octanol–water partition coefficient (Wildman–Crippen LogP) is 4.01. The molecule has 0 saturated carbocycles. The van der Waals surface area contributed by atoms with E-state index in [-0.39, 0.29) is 11.5 Å². The highest BCUT2D eigenvalue weighted by Gasteiger charge is 2.17. The monoisotopic (exact) mass is 287 g/mol. The van der Waals surface area contributed by atoms with Crippen molar-refractivity contribution in [1.82, 2.24) is 9.55 Å². The summed E-state index contributed by atoms with van der Waals surface area (Å²) < 4.78 is 29.0. The van der Waals surface area contributed by atoms with Crippen molar-refractivity contribution in [2.24, 2.45) is 0 Å². The van der Waals surface area contributed by atoms with Gasteiger partial charge in [-0.15, -0.1) is 0 Å². The van der Waals surface area contributed by atoms with Crippen LogP contribution in [0.4, 0.5) is 14.7 Å². The van der Waals surface area contributed by atoms with Crippen LogP contribution in [-0.4, -0.2) is 9.55 Å². The number of fused-ring (bicyclic) bond motifs is 1. The quantitative estimate of drug-likeness (QED) is 0.774. The molecule has 3 aromatic rings. The van der Waals surface area contributed by atoms with Crippen LogP contribution in [0.5, 0.6) is 0 Å². The third kappa shape index (κ3) is 2.14. The fraction of sp³-hybridized carbons (Fsp3) is 0.188. The molecule has 0 unspecified atom stereocenters. The van der Waals surface area contributed by atoms with E-state index in [2.05, 4.69) is 18.8 Å². The fourth-order valence-electron chi connectivity index (χ4n) is 2.39. The van der Waals surface area contributed by atoms with Crippen LogP contribution in [0.15, 0.2) is 36.4 Å². The zero-order chi connectivity index (χ0) is 15.1. The Morgan fingerprint density at radius 1 is 1.05 bits per heavy atom. The van der Waals surface area contributed by atoms with Crippen LogP contribution in [0.1, 0.15) is 25.3 Å². The summed E-state index contributed by atoms with van der Waals surface area (Å²) in [5.74, 6) is -1.33. The number of rotatable bonds is 2. The number of nitrogen functional groups attached to an aromatic ring is 1. The van der Waals surface area contributed by atoms with Crippen molar-refractivity contribution in [2.75, 3.05) is 5.73 Å². The van der Waals surface area contributed by atoms with E-state index in [1.165, 1.54) is 10.6 Å². The van der Waals surface area contributed by atoms with Gasteiger partial charge in [0.05, 0.1) is 5.52 Å². The van der Waals surface area contributed by atoms with Gasteiger partial charge in [0.2, 0.25) is 5.95 Å². The third-order valence-corrected chi connectivity index (χ3v) is 3.55. The third-order valence-electron chi connectivity index (χ3n) is 3.55. The standard InChI is InChI=1S/C16H15F2N3/c1-9(2)10-3-5-11(6-4-10)21-15-13(20-16(21)19)8-7-12(17)14(15)18/h3-9H,1-2H3,(H2,19,20). The highest BCUT2D eigenvalue weighted by atomic mass is 19.2. The fourth-order valence-corrected chi connectivity index (χ4v) is 2.39. The molecule has 0 fully saturated rings. The number of hydrogen-bond donors (Lipinski definition) is 1. The number of aromatic nitrogens is 2. The smallest absolute Gasteiger partial charge is 0.206 e. The second kappa shape index (κ2) is 4.84. The lowest BCUT2D eigenvalue weighted by Gasteiger charge is -2.10. The molecule has 3 rings (SSSR count). The number of benzene rings is 2. The maximum absolute atomic E-state index is 14.1. The van der Waals surface area contributed by atoms with E-state index in [1.807, 2.05) is 24.3 Å². The summed E-state index contributed by atoms with van der Waals surface area (Å²) in [7, 11) is 0. The van der Waals surface area contributed by atoms with E-state index in [9.17, 15) is 8.78 Å². The number of imidazole rings is 1. The van der Waals surface area contributed by atoms with Gasteiger partial charge in [-0.2, -0.15) is 0 Å². The molecule has 5 heteroatoms. The van der Waals surface area contributed by atoms with Crippen molar-refractivity contribution >= 4 is 17.0 Å². The zero-order valence-electron chi connectivity index (χ0n) is 11.8. The van der Waals surface area contributed by atoms with Gasteiger partial charge < -0.3 is 5.73 Å². The van der Waals surface area contributed by atoms with Crippen LogP contribution >= 0.6 is 0 Å². The highest BCUT2D eigenvalue weighted by molar-refractivity contribution is 5.81. The molecule has 2 N–H and O–H groups in total. The van der Waals surface area contributed by atoms with E-state index in [1.54, 1.807) is 0 Å². The van der Waals surface area contributed by atoms with Crippen molar-refractivity contribution in [3.63, 3.8) is 0 Å². The second-order valence-electron chi connectivity index (χ2n) is 5.28. The molecule has 0 amide bonds. The van der Waals surface area contributed by atoms with Gasteiger partial charge in [-0.3, -0.25) is 4.57 Å². The Balaban J connectivity index is 2.24. The molecule has 0 radical (unpaired) electrons. The molecule has 0 saturated heterocycles. The molecule has 1 heterocycles. The van der Waals surface area contributed by atoms with Gasteiger partial charge in [-0.05, 0) is 35.7 Å². The van der Waals surface area contributed by atoms with Crippen LogP contribution < -0.4 is 5.73 Å². The highest BCUT2D eigenvalue weighted by Crippen LogP contribution is 2.27. The van der Waals surface area contributed by atoms with Crippen LogP contribution in [0, 0.1) is 11.6 Å². The molecule has 0 aliphatic carbocycles. The zero-order valence-corrected chi connectivity index (χ0v) is 11.8. The van der Waals surface area contributed by atoms with Gasteiger partial charge in [0.15, 0.2) is 11.6 Å². The van der Waals surface area contributed by atoms with Crippen LogP contribution in [0.25, 0.3) is 16.7 Å². The maximum atomic E-state index is 14.1. The average Bonchev–Trinajstić information content (AvgIpc) is 2.80. The molecular weight excluding hydrogens is 272 g/mol. The number of nitrogens with zero attached hydrogens (tertiary/aromatic N) is 2. The molecule has 108 valence electrons. The van der Waals surface area contributed by atoms with E-state index < -0.39 is 11.6 Å². The van der Waals surface area contributed by atoms with Crippen molar-refractivity contribution in [3.8, 4) is 5.69 Å². The molecule has 0 spiro atoms. The molecule has 3 nitrogen and oxygen atoms in total. The summed E-state index contributed by atoms with van der Waals surface area (Å²) in [5, 5.41) is 0. The summed E-state index contributed by atoms with van der Waals surface area (Å²) in [6.07, 6.45) is 0. The minimum Gasteiger partial charge on any atom is -0.369 e. The topological polar surface area (TPSA) is 43.8 Å². The first kappa shape index (κ1) is 13.5. The SMILES string of the molecule is CC(C)c1ccc(-n2c(N)nc3ccc(F)c(F)c32)cc1. The van der Waals surface area contributed by atoms with Gasteiger partial charge in [0.1, 0.15) is 5.52 Å². The Hall–Kier alpha value is -2.43. The van der Waals surface area contributed by atoms with E-state index in [0.29, 0.717) is 17.1 Å². The normalized spacial score (nSPS) is 11.5. The molecule has 0 bridgehead atoms. The van der Waals surface area contributed by atoms with Crippen LogP contribution in [0.2, 0.25) is 0 Å². The van der Waals surface area contributed by atoms with Gasteiger partial charge in [-0.25, -0.2) is 13.8 Å². The summed E-state index contributed by atoms with van der Waals surface area (Å²) in [6.45, 7) is 4.18. The lowest BCUT2D eigenvalue weighted by Crippen LogP contribution is -2.02. The van der Waals surface area contributed by atoms with Crippen molar-refractivity contribution in [1.29, 1.82) is 0 Å². The van der Waals surface area contributed by atoms with Crippen molar-refractivity contribution in [3.05, 3.63) is 53.6 Å². The number of halogens is 2. The van der Waals surface area contributed by atoms with E-state index >= 15 is 0 Å². The largest absolute Gasteiger partial charge is 0.369 e. The van der Waals surface area contributed by atoms with Crippen molar-refractivity contribution < 1.29 is 8.78 Å². The first-order valence-electron chi connectivity index (χ1n) is 6.71. The van der Waals surface area contributed by atoms with Crippen LogP contribution in [0.3, 0.4) is 0 Å². The maximum Gasteiger partial charge on any atom is 0.206 e.